The van der Waals surface area contributed by atoms with E-state index in [1.807, 2.05) is 32.9 Å². The third-order valence-corrected chi connectivity index (χ3v) is 3.09. The summed E-state index contributed by atoms with van der Waals surface area (Å²) in [5.41, 5.74) is 8.55. The van der Waals surface area contributed by atoms with E-state index < -0.39 is 0 Å². The Morgan fingerprint density at radius 3 is 2.67 bits per heavy atom. The highest BCUT2D eigenvalue weighted by atomic mass is 16.3. The van der Waals surface area contributed by atoms with Crippen molar-refractivity contribution < 1.29 is 9.21 Å². The first-order valence-corrected chi connectivity index (χ1v) is 6.03. The molecular weight excluding hydrogens is 228 g/mol. The second kappa shape index (κ2) is 4.82. The lowest BCUT2D eigenvalue weighted by Crippen LogP contribution is -2.37. The van der Waals surface area contributed by atoms with Crippen LogP contribution in [0.4, 0.5) is 0 Å². The van der Waals surface area contributed by atoms with Crippen molar-refractivity contribution in [1.82, 2.24) is 5.32 Å². The summed E-state index contributed by atoms with van der Waals surface area (Å²) in [5, 5.41) is 3.73. The van der Waals surface area contributed by atoms with Crippen LogP contribution in [-0.2, 0) is 0 Å². The topological polar surface area (TPSA) is 68.3 Å². The van der Waals surface area contributed by atoms with Gasteiger partial charge in [-0.2, -0.15) is 0 Å². The summed E-state index contributed by atoms with van der Waals surface area (Å²) in [6.45, 7) is 6.32. The molecule has 1 atom stereocenters. The van der Waals surface area contributed by atoms with Gasteiger partial charge in [0.15, 0.2) is 5.76 Å². The smallest absolute Gasteiger partial charge is 0.287 e. The van der Waals surface area contributed by atoms with E-state index in [0.717, 1.165) is 16.5 Å². The van der Waals surface area contributed by atoms with Crippen LogP contribution in [0.25, 0.3) is 11.0 Å². The molecule has 2 aromatic rings. The molecule has 96 valence electrons. The second-order valence-electron chi connectivity index (χ2n) is 4.70. The maximum absolute atomic E-state index is 11.9. The number of hydrogen-bond donors (Lipinski definition) is 2. The van der Waals surface area contributed by atoms with Crippen LogP contribution < -0.4 is 11.1 Å². The van der Waals surface area contributed by atoms with Crippen molar-refractivity contribution in [1.29, 1.82) is 0 Å². The molecule has 1 heterocycles. The molecule has 0 aliphatic rings. The minimum Gasteiger partial charge on any atom is -0.451 e. The maximum Gasteiger partial charge on any atom is 0.287 e. The molecule has 18 heavy (non-hydrogen) atoms. The maximum atomic E-state index is 11.9. The molecule has 3 N–H and O–H groups in total. The van der Waals surface area contributed by atoms with Crippen LogP contribution >= 0.6 is 0 Å². The molecule has 4 nitrogen and oxygen atoms in total. The summed E-state index contributed by atoms with van der Waals surface area (Å²) in [6, 6.07) is 5.68. The Morgan fingerprint density at radius 1 is 1.33 bits per heavy atom. The zero-order chi connectivity index (χ0) is 13.3. The number of carbonyl (C=O) groups excluding carboxylic acids is 1. The molecule has 1 aromatic carbocycles. The molecule has 0 bridgehead atoms. The monoisotopic (exact) mass is 246 g/mol. The molecule has 0 aliphatic carbocycles. The van der Waals surface area contributed by atoms with Crippen molar-refractivity contribution in [3.63, 3.8) is 0 Å². The van der Waals surface area contributed by atoms with Crippen molar-refractivity contribution in [3.05, 3.63) is 35.1 Å². The standard InChI is InChI=1S/C14H18N2O2/c1-8-4-11-6-13(14(17)16-10(3)7-15)18-12(11)5-9(8)2/h4-6,10H,7,15H2,1-3H3,(H,16,17)/t10-/m0/s1. The zero-order valence-electron chi connectivity index (χ0n) is 10.9. The van der Waals surface area contributed by atoms with Gasteiger partial charge in [0, 0.05) is 18.0 Å². The Kier molecular flexibility index (Phi) is 3.39. The molecule has 0 unspecified atom stereocenters. The first-order chi connectivity index (χ1) is 8.51. The van der Waals surface area contributed by atoms with E-state index in [1.165, 1.54) is 5.56 Å². The number of nitrogens with one attached hydrogen (secondary N) is 1. The average Bonchev–Trinajstić information content (AvgIpc) is 2.72. The molecule has 4 heteroatoms. The Bertz CT molecular complexity index is 548. The van der Waals surface area contributed by atoms with Gasteiger partial charge in [0.1, 0.15) is 5.58 Å². The zero-order valence-corrected chi connectivity index (χ0v) is 10.9. The van der Waals surface area contributed by atoms with Gasteiger partial charge in [-0.1, -0.05) is 0 Å². The van der Waals surface area contributed by atoms with Gasteiger partial charge < -0.3 is 15.5 Å². The molecule has 0 radical (unpaired) electrons. The molecule has 0 spiro atoms. The van der Waals surface area contributed by atoms with E-state index in [2.05, 4.69) is 5.32 Å². The van der Waals surface area contributed by atoms with Gasteiger partial charge >= 0.3 is 0 Å². The number of amides is 1. The Labute approximate surface area is 106 Å². The lowest BCUT2D eigenvalue weighted by molar-refractivity contribution is 0.0915. The third kappa shape index (κ3) is 2.38. The van der Waals surface area contributed by atoms with Crippen LogP contribution in [-0.4, -0.2) is 18.5 Å². The minimum atomic E-state index is -0.223. The van der Waals surface area contributed by atoms with E-state index >= 15 is 0 Å². The summed E-state index contributed by atoms with van der Waals surface area (Å²) < 4.78 is 5.56. The Hall–Kier alpha value is -1.81. The molecule has 2 rings (SSSR count). The number of carbonyl (C=O) groups is 1. The van der Waals surface area contributed by atoms with Gasteiger partial charge in [-0.15, -0.1) is 0 Å². The van der Waals surface area contributed by atoms with Crippen molar-refractivity contribution in [2.75, 3.05) is 6.54 Å². The van der Waals surface area contributed by atoms with Crippen LogP contribution in [0.3, 0.4) is 0 Å². The Morgan fingerprint density at radius 2 is 2.00 bits per heavy atom. The van der Waals surface area contributed by atoms with Crippen LogP contribution in [0.5, 0.6) is 0 Å². The molecular formula is C14H18N2O2. The highest BCUT2D eigenvalue weighted by molar-refractivity contribution is 5.96. The van der Waals surface area contributed by atoms with E-state index in [-0.39, 0.29) is 11.9 Å². The first-order valence-electron chi connectivity index (χ1n) is 6.03. The number of rotatable bonds is 3. The molecule has 1 amide bonds. The van der Waals surface area contributed by atoms with Gasteiger partial charge in [-0.3, -0.25) is 4.79 Å². The predicted octanol–water partition coefficient (Wildman–Crippen LogP) is 2.13. The van der Waals surface area contributed by atoms with E-state index in [4.69, 9.17) is 10.2 Å². The largest absolute Gasteiger partial charge is 0.451 e. The highest BCUT2D eigenvalue weighted by Gasteiger charge is 2.14. The molecule has 0 fully saturated rings. The number of furan rings is 1. The predicted molar refractivity (Wildman–Crippen MR) is 71.7 cm³/mol. The summed E-state index contributed by atoms with van der Waals surface area (Å²) >= 11 is 0. The fraction of sp³-hybridized carbons (Fsp3) is 0.357. The van der Waals surface area contributed by atoms with E-state index in [1.54, 1.807) is 6.07 Å². The van der Waals surface area contributed by atoms with Crippen LogP contribution in [0.1, 0.15) is 28.6 Å². The number of nitrogens with two attached hydrogens (primary N) is 1. The highest BCUT2D eigenvalue weighted by Crippen LogP contribution is 2.23. The first kappa shape index (κ1) is 12.6. The summed E-state index contributed by atoms with van der Waals surface area (Å²) in [5.74, 6) is 0.106. The van der Waals surface area contributed by atoms with Gasteiger partial charge in [-0.25, -0.2) is 0 Å². The number of hydrogen-bond acceptors (Lipinski definition) is 3. The third-order valence-electron chi connectivity index (χ3n) is 3.09. The normalized spacial score (nSPS) is 12.7. The molecule has 0 saturated heterocycles. The Balaban J connectivity index is 2.32. The van der Waals surface area contributed by atoms with Gasteiger partial charge in [0.25, 0.3) is 5.91 Å². The van der Waals surface area contributed by atoms with Gasteiger partial charge in [-0.05, 0) is 50.1 Å². The van der Waals surface area contributed by atoms with Gasteiger partial charge in [0.2, 0.25) is 0 Å². The van der Waals surface area contributed by atoms with Crippen LogP contribution in [0.15, 0.2) is 22.6 Å². The number of fused-ring (bicyclic) bond motifs is 1. The molecule has 0 aliphatic heterocycles. The lowest BCUT2D eigenvalue weighted by Gasteiger charge is -2.08. The van der Waals surface area contributed by atoms with Crippen LogP contribution in [0.2, 0.25) is 0 Å². The minimum absolute atomic E-state index is 0.0609. The summed E-state index contributed by atoms with van der Waals surface area (Å²) in [7, 11) is 0. The summed E-state index contributed by atoms with van der Waals surface area (Å²) in [6.07, 6.45) is 0. The number of aryl methyl sites for hydroxylation is 2. The molecule has 0 saturated carbocycles. The second-order valence-corrected chi connectivity index (χ2v) is 4.70. The van der Waals surface area contributed by atoms with E-state index in [9.17, 15) is 4.79 Å². The average molecular weight is 246 g/mol. The SMILES string of the molecule is Cc1cc2cc(C(=O)N[C@@H](C)CN)oc2cc1C. The van der Waals surface area contributed by atoms with Crippen molar-refractivity contribution in [2.45, 2.75) is 26.8 Å². The van der Waals surface area contributed by atoms with E-state index in [0.29, 0.717) is 12.3 Å². The number of benzene rings is 1. The van der Waals surface area contributed by atoms with Crippen molar-refractivity contribution in [3.8, 4) is 0 Å². The van der Waals surface area contributed by atoms with Crippen LogP contribution in [0, 0.1) is 13.8 Å². The lowest BCUT2D eigenvalue weighted by atomic mass is 10.1. The van der Waals surface area contributed by atoms with Gasteiger partial charge in [0.05, 0.1) is 0 Å². The fourth-order valence-electron chi connectivity index (χ4n) is 1.77. The summed E-state index contributed by atoms with van der Waals surface area (Å²) in [4.78, 5) is 11.9. The van der Waals surface area contributed by atoms with Crippen molar-refractivity contribution in [2.24, 2.45) is 5.73 Å². The fourth-order valence-corrected chi connectivity index (χ4v) is 1.77. The molecule has 1 aromatic heterocycles. The quantitative estimate of drug-likeness (QED) is 0.871. The van der Waals surface area contributed by atoms with Crippen molar-refractivity contribution >= 4 is 16.9 Å².